The lowest BCUT2D eigenvalue weighted by atomic mass is 9.96. The van der Waals surface area contributed by atoms with Crippen LogP contribution < -0.4 is 9.80 Å². The quantitative estimate of drug-likeness (QED) is 0.149. The molecule has 0 radical (unpaired) electrons. The Balaban J connectivity index is 1.02. The van der Waals surface area contributed by atoms with Gasteiger partial charge < -0.3 is 14.2 Å². The van der Waals surface area contributed by atoms with Crippen LogP contribution in [0.3, 0.4) is 0 Å². The van der Waals surface area contributed by atoms with Gasteiger partial charge in [-0.2, -0.15) is 0 Å². The van der Waals surface area contributed by atoms with Gasteiger partial charge in [0, 0.05) is 64.5 Å². The number of halogens is 1. The molecule has 0 unspecified atom stereocenters. The van der Waals surface area contributed by atoms with Gasteiger partial charge in [0.25, 0.3) is 0 Å². The third kappa shape index (κ3) is 6.15. The van der Waals surface area contributed by atoms with Gasteiger partial charge in [-0.25, -0.2) is 4.39 Å². The number of para-hydroxylation sites is 1. The molecule has 308 valence electrons. The van der Waals surface area contributed by atoms with E-state index in [-0.39, 0.29) is 5.82 Å². The SMILES string of the molecule is Fc1cc(N(C2=CCCC=C2)c2ccc3oc4cccc(-c5ccc6c(c5)sc5ccccc56)c4c3c2)cc2c1c(N(c1ccccc1)c1cccc3ccccc13)cc1ccccc12. The van der Waals surface area contributed by atoms with Crippen molar-refractivity contribution in [1.82, 2.24) is 0 Å². The number of anilines is 5. The normalized spacial score (nSPS) is 12.9. The first-order chi connectivity index (χ1) is 32.1. The third-order valence-corrected chi connectivity index (χ3v) is 14.2. The van der Waals surface area contributed by atoms with Crippen LogP contribution in [0.25, 0.3) is 85.6 Å². The molecular weight excluding hydrogens is 816 g/mol. The molecule has 1 aliphatic rings. The van der Waals surface area contributed by atoms with Crippen molar-refractivity contribution in [3.05, 3.63) is 224 Å². The van der Waals surface area contributed by atoms with Gasteiger partial charge in [0.05, 0.1) is 11.4 Å². The van der Waals surface area contributed by atoms with Gasteiger partial charge in [0.1, 0.15) is 17.0 Å². The Hall–Kier alpha value is -7.99. The van der Waals surface area contributed by atoms with Gasteiger partial charge >= 0.3 is 0 Å². The zero-order valence-corrected chi connectivity index (χ0v) is 36.0. The van der Waals surface area contributed by atoms with Crippen molar-refractivity contribution in [2.75, 3.05) is 9.80 Å². The molecule has 0 atom stereocenters. The molecule has 1 aliphatic carbocycles. The van der Waals surface area contributed by atoms with E-state index in [0.29, 0.717) is 5.39 Å². The van der Waals surface area contributed by atoms with Crippen molar-refractivity contribution in [3.8, 4) is 11.1 Å². The minimum atomic E-state index is -0.293. The molecule has 3 nitrogen and oxygen atoms in total. The summed E-state index contributed by atoms with van der Waals surface area (Å²) in [5, 5.41) is 10.3. The van der Waals surface area contributed by atoms with Crippen molar-refractivity contribution < 1.29 is 8.81 Å². The molecule has 0 spiro atoms. The minimum Gasteiger partial charge on any atom is -0.456 e. The second-order valence-electron chi connectivity index (χ2n) is 16.9. The number of allylic oxidation sites excluding steroid dienone is 3. The minimum absolute atomic E-state index is 0.293. The fourth-order valence-electron chi connectivity index (χ4n) is 10.1. The van der Waals surface area contributed by atoms with Gasteiger partial charge in [0.15, 0.2) is 0 Å². The summed E-state index contributed by atoms with van der Waals surface area (Å²) in [4.78, 5) is 4.43. The highest BCUT2D eigenvalue weighted by atomic mass is 32.1. The molecule has 0 N–H and O–H groups in total. The zero-order chi connectivity index (χ0) is 43.0. The van der Waals surface area contributed by atoms with E-state index in [9.17, 15) is 0 Å². The van der Waals surface area contributed by atoms with Crippen LogP contribution in [0.15, 0.2) is 222 Å². The van der Waals surface area contributed by atoms with Crippen molar-refractivity contribution in [2.45, 2.75) is 12.8 Å². The predicted molar refractivity (Wildman–Crippen MR) is 274 cm³/mol. The van der Waals surface area contributed by atoms with E-state index < -0.39 is 0 Å². The molecule has 2 aromatic heterocycles. The Morgan fingerprint density at radius 1 is 0.446 bits per heavy atom. The van der Waals surface area contributed by atoms with Crippen LogP contribution in [0.4, 0.5) is 32.8 Å². The molecule has 12 aromatic rings. The molecule has 65 heavy (non-hydrogen) atoms. The van der Waals surface area contributed by atoms with Crippen LogP contribution in [0.5, 0.6) is 0 Å². The fraction of sp³-hybridized carbons (Fsp3) is 0.0333. The van der Waals surface area contributed by atoms with E-state index in [1.165, 1.54) is 20.2 Å². The average Bonchev–Trinajstić information content (AvgIpc) is 3.93. The van der Waals surface area contributed by atoms with Crippen molar-refractivity contribution in [3.63, 3.8) is 0 Å². The van der Waals surface area contributed by atoms with Crippen LogP contribution in [0.1, 0.15) is 12.8 Å². The summed E-state index contributed by atoms with van der Waals surface area (Å²) in [7, 11) is 0. The molecule has 5 heteroatoms. The van der Waals surface area contributed by atoms with Gasteiger partial charge in [0.2, 0.25) is 0 Å². The number of furan rings is 1. The van der Waals surface area contributed by atoms with Crippen molar-refractivity contribution in [1.29, 1.82) is 0 Å². The Morgan fingerprint density at radius 2 is 1.20 bits per heavy atom. The molecule has 0 amide bonds. The topological polar surface area (TPSA) is 19.6 Å². The molecular formula is C60H39FN2OS. The Kier molecular flexibility index (Phi) is 8.71. The summed E-state index contributed by atoms with van der Waals surface area (Å²) in [5.41, 5.74) is 9.28. The van der Waals surface area contributed by atoms with E-state index in [2.05, 4.69) is 192 Å². The molecule has 0 fully saturated rings. The summed E-state index contributed by atoms with van der Waals surface area (Å²) in [6.07, 6.45) is 8.49. The van der Waals surface area contributed by atoms with Gasteiger partial charge in [-0.15, -0.1) is 11.3 Å². The maximum absolute atomic E-state index is 17.9. The molecule has 0 bridgehead atoms. The largest absolute Gasteiger partial charge is 0.456 e. The van der Waals surface area contributed by atoms with E-state index in [0.717, 1.165) is 107 Å². The average molecular weight is 855 g/mol. The third-order valence-electron chi connectivity index (χ3n) is 13.1. The van der Waals surface area contributed by atoms with Crippen LogP contribution in [0, 0.1) is 5.82 Å². The Morgan fingerprint density at radius 3 is 2.08 bits per heavy atom. The number of thiophene rings is 1. The molecule has 0 saturated carbocycles. The molecule has 0 saturated heterocycles. The summed E-state index contributed by atoms with van der Waals surface area (Å²) >= 11 is 1.83. The first kappa shape index (κ1) is 37.6. The second-order valence-corrected chi connectivity index (χ2v) is 17.9. The first-order valence-electron chi connectivity index (χ1n) is 22.2. The van der Waals surface area contributed by atoms with Crippen LogP contribution >= 0.6 is 11.3 Å². The Bertz CT molecular complexity index is 3930. The number of nitrogens with zero attached hydrogens (tertiary/aromatic N) is 2. The van der Waals surface area contributed by atoms with E-state index >= 15 is 4.39 Å². The fourth-order valence-corrected chi connectivity index (χ4v) is 11.3. The monoisotopic (exact) mass is 854 g/mol. The molecule has 10 aromatic carbocycles. The van der Waals surface area contributed by atoms with Crippen LogP contribution in [-0.4, -0.2) is 0 Å². The van der Waals surface area contributed by atoms with Crippen molar-refractivity contribution in [2.24, 2.45) is 0 Å². The van der Waals surface area contributed by atoms with Crippen LogP contribution in [-0.2, 0) is 0 Å². The van der Waals surface area contributed by atoms with Crippen LogP contribution in [0.2, 0.25) is 0 Å². The summed E-state index contributed by atoms with van der Waals surface area (Å²) in [5.74, 6) is -0.293. The summed E-state index contributed by atoms with van der Waals surface area (Å²) in [6, 6.07) is 67.6. The Labute approximate surface area is 378 Å². The number of hydrogen-bond acceptors (Lipinski definition) is 4. The smallest absolute Gasteiger partial charge is 0.136 e. The lowest BCUT2D eigenvalue weighted by Crippen LogP contribution is -2.17. The number of hydrogen-bond donors (Lipinski definition) is 0. The van der Waals surface area contributed by atoms with E-state index in [1.807, 2.05) is 35.6 Å². The van der Waals surface area contributed by atoms with E-state index in [4.69, 9.17) is 4.42 Å². The standard InChI is InChI=1S/C60H39FN2OS/c61-52-37-44(36-50-45-22-9-8-16-39(45)33-54(60(50)52)63(42-20-5-2-6-21-42)53-26-13-17-38-15-7-10-23-46(38)53)62(41-18-3-1-4-19-41)43-30-32-55-51(35-43)59-47(25-14-27-56(59)64-55)40-29-31-49-48-24-11-12-28-57(48)65-58(49)34-40/h2-3,5-37H,1,4H2. The zero-order valence-electron chi connectivity index (χ0n) is 35.2. The lowest BCUT2D eigenvalue weighted by molar-refractivity contribution is 0.640. The highest BCUT2D eigenvalue weighted by Gasteiger charge is 2.25. The van der Waals surface area contributed by atoms with Gasteiger partial charge in [-0.3, -0.25) is 0 Å². The van der Waals surface area contributed by atoms with Gasteiger partial charge in [-0.05, 0) is 124 Å². The highest BCUT2D eigenvalue weighted by Crippen LogP contribution is 2.48. The molecule has 13 rings (SSSR count). The predicted octanol–water partition coefficient (Wildman–Crippen LogP) is 18.1. The lowest BCUT2D eigenvalue weighted by Gasteiger charge is -2.30. The number of benzene rings is 10. The van der Waals surface area contributed by atoms with E-state index in [1.54, 1.807) is 6.07 Å². The number of rotatable bonds is 7. The summed E-state index contributed by atoms with van der Waals surface area (Å²) < 4.78 is 27.0. The highest BCUT2D eigenvalue weighted by molar-refractivity contribution is 7.25. The molecule has 2 heterocycles. The maximum atomic E-state index is 17.9. The van der Waals surface area contributed by atoms with Gasteiger partial charge in [-0.1, -0.05) is 133 Å². The summed E-state index contributed by atoms with van der Waals surface area (Å²) in [6.45, 7) is 0. The molecule has 0 aliphatic heterocycles. The second kappa shape index (κ2) is 15.1. The number of fused-ring (bicyclic) bond motifs is 10. The first-order valence-corrected chi connectivity index (χ1v) is 23.0. The maximum Gasteiger partial charge on any atom is 0.136 e. The van der Waals surface area contributed by atoms with Crippen molar-refractivity contribution >= 4 is 114 Å².